The molecule has 0 spiro atoms. The van der Waals surface area contributed by atoms with E-state index in [1.807, 2.05) is 91.0 Å². The molecule has 0 fully saturated rings. The fourth-order valence-corrected chi connectivity index (χ4v) is 13.0. The molecule has 0 aliphatic carbocycles. The molecule has 0 aliphatic heterocycles. The zero-order chi connectivity index (χ0) is 19.5. The molecule has 3 aromatic carbocycles. The molecule has 0 nitrogen and oxygen atoms in total. The van der Waals surface area contributed by atoms with Crippen LogP contribution in [0.15, 0.2) is 101 Å². The third-order valence-electron chi connectivity index (χ3n) is 4.80. The van der Waals surface area contributed by atoms with Crippen molar-refractivity contribution in [3.8, 4) is 0 Å². The number of hydrogen-bond donors (Lipinski definition) is 0. The first-order valence-electron chi connectivity index (χ1n) is 9.11. The van der Waals surface area contributed by atoms with Crippen LogP contribution in [0.2, 0.25) is 0 Å². The molecule has 3 heteroatoms. The van der Waals surface area contributed by atoms with Gasteiger partial charge < -0.3 is 0 Å². The monoisotopic (exact) mass is 424 g/mol. The Morgan fingerprint density at radius 2 is 0.889 bits per heavy atom. The second-order valence-electron chi connectivity index (χ2n) is 7.73. The van der Waals surface area contributed by atoms with Gasteiger partial charge in [0.05, 0.1) is 0 Å². The SMILES string of the molecule is CC(C)(C)C(F)=[C](F)[Ge]([c]1ccccc1)([c]1ccccc1)[c]1ccccc1. The summed E-state index contributed by atoms with van der Waals surface area (Å²) >= 11 is -4.07. The van der Waals surface area contributed by atoms with E-state index in [0.717, 1.165) is 13.2 Å². The van der Waals surface area contributed by atoms with Gasteiger partial charge in [0.15, 0.2) is 0 Å². The minimum atomic E-state index is -4.07. The van der Waals surface area contributed by atoms with Crippen LogP contribution in [0, 0.1) is 5.41 Å². The molecule has 0 amide bonds. The second kappa shape index (κ2) is 7.81. The average molecular weight is 423 g/mol. The molecule has 0 unspecified atom stereocenters. The predicted molar refractivity (Wildman–Crippen MR) is 113 cm³/mol. The molecule has 0 aromatic heterocycles. The van der Waals surface area contributed by atoms with Crippen LogP contribution < -0.4 is 13.2 Å². The standard InChI is InChI=1S/C24H24F2Ge/c1-24(2,3)22(25)23(26)27(19-13-7-4-8-14-19,20-15-9-5-10-16-20)21-17-11-6-12-18-21/h4-18H,1-3H3. The van der Waals surface area contributed by atoms with Crippen molar-refractivity contribution in [1.29, 1.82) is 0 Å². The van der Waals surface area contributed by atoms with E-state index in [4.69, 9.17) is 0 Å². The van der Waals surface area contributed by atoms with Crippen molar-refractivity contribution in [2.45, 2.75) is 20.8 Å². The summed E-state index contributed by atoms with van der Waals surface area (Å²) in [5.74, 6) is -0.654. The second-order valence-corrected chi connectivity index (χ2v) is 15.4. The predicted octanol–water partition coefficient (Wildman–Crippen LogP) is 4.89. The maximum atomic E-state index is 16.3. The van der Waals surface area contributed by atoms with E-state index < -0.39 is 29.2 Å². The zero-order valence-electron chi connectivity index (χ0n) is 15.9. The topological polar surface area (TPSA) is 0 Å². The molecule has 3 rings (SSSR count). The van der Waals surface area contributed by atoms with Crippen molar-refractivity contribution >= 4 is 26.5 Å². The summed E-state index contributed by atoms with van der Waals surface area (Å²) in [6.07, 6.45) is 0. The Bertz CT molecular complexity index is 814. The summed E-state index contributed by atoms with van der Waals surface area (Å²) < 4.78 is 33.7. The van der Waals surface area contributed by atoms with Gasteiger partial charge in [-0.15, -0.1) is 0 Å². The molecule has 0 bridgehead atoms. The summed E-state index contributed by atoms with van der Waals surface area (Å²) in [6, 6.07) is 28.8. The Morgan fingerprint density at radius 1 is 0.593 bits per heavy atom. The van der Waals surface area contributed by atoms with E-state index >= 15 is 8.78 Å². The van der Waals surface area contributed by atoms with Gasteiger partial charge in [-0.25, -0.2) is 0 Å². The van der Waals surface area contributed by atoms with Crippen LogP contribution in [0.3, 0.4) is 0 Å². The number of hydrogen-bond acceptors (Lipinski definition) is 0. The summed E-state index contributed by atoms with van der Waals surface area (Å²) in [6.45, 7) is 5.15. The molecule has 138 valence electrons. The van der Waals surface area contributed by atoms with Gasteiger partial charge in [0.25, 0.3) is 0 Å². The Balaban J connectivity index is 2.48. The molecule has 3 aromatic rings. The number of allylic oxidation sites excluding steroid dienone is 1. The normalized spacial score (nSPS) is 13.2. The Morgan fingerprint density at radius 3 is 1.15 bits per heavy atom. The fraction of sp³-hybridized carbons (Fsp3) is 0.167. The number of halogens is 2. The average Bonchev–Trinajstić information content (AvgIpc) is 2.70. The summed E-state index contributed by atoms with van der Waals surface area (Å²) in [5, 5.41) is 0. The number of rotatable bonds is 4. The van der Waals surface area contributed by atoms with Gasteiger partial charge in [-0.05, 0) is 0 Å². The van der Waals surface area contributed by atoms with Gasteiger partial charge in [0.1, 0.15) is 0 Å². The van der Waals surface area contributed by atoms with E-state index in [2.05, 4.69) is 0 Å². The van der Waals surface area contributed by atoms with Crippen LogP contribution in [0.1, 0.15) is 20.8 Å². The maximum absolute atomic E-state index is 16.3. The van der Waals surface area contributed by atoms with Gasteiger partial charge in [-0.2, -0.15) is 0 Å². The third kappa shape index (κ3) is 3.63. The van der Waals surface area contributed by atoms with Crippen molar-refractivity contribution in [3.63, 3.8) is 0 Å². The van der Waals surface area contributed by atoms with E-state index in [1.54, 1.807) is 20.8 Å². The first-order chi connectivity index (χ1) is 12.9. The minimum absolute atomic E-state index is 0.578. The van der Waals surface area contributed by atoms with Crippen molar-refractivity contribution in [2.75, 3.05) is 0 Å². The fourth-order valence-electron chi connectivity index (χ4n) is 3.44. The first kappa shape index (κ1) is 19.6. The Hall–Kier alpha value is -2.20. The molecule has 27 heavy (non-hydrogen) atoms. The van der Waals surface area contributed by atoms with Crippen molar-refractivity contribution in [1.82, 2.24) is 0 Å². The van der Waals surface area contributed by atoms with Crippen LogP contribution in [0.25, 0.3) is 0 Å². The van der Waals surface area contributed by atoms with E-state index in [-0.39, 0.29) is 0 Å². The molecule has 0 radical (unpaired) electrons. The van der Waals surface area contributed by atoms with Gasteiger partial charge in [0, 0.05) is 0 Å². The van der Waals surface area contributed by atoms with E-state index in [0.29, 0.717) is 0 Å². The molecule has 0 saturated carbocycles. The number of benzene rings is 3. The molecule has 0 N–H and O–H groups in total. The Labute approximate surface area is 162 Å². The quantitative estimate of drug-likeness (QED) is 0.525. The molecular weight excluding hydrogens is 399 g/mol. The van der Waals surface area contributed by atoms with Gasteiger partial charge in [-0.3, -0.25) is 0 Å². The van der Waals surface area contributed by atoms with Crippen LogP contribution in [0.4, 0.5) is 8.78 Å². The zero-order valence-corrected chi connectivity index (χ0v) is 18.0. The Kier molecular flexibility index (Phi) is 5.66. The van der Waals surface area contributed by atoms with Gasteiger partial charge >= 0.3 is 163 Å². The van der Waals surface area contributed by atoms with Crippen LogP contribution in [-0.2, 0) is 0 Å². The van der Waals surface area contributed by atoms with Crippen LogP contribution >= 0.6 is 0 Å². The summed E-state index contributed by atoms with van der Waals surface area (Å²) in [7, 11) is 0. The van der Waals surface area contributed by atoms with Crippen molar-refractivity contribution < 1.29 is 8.78 Å². The molecular formula is C24H24F2Ge. The van der Waals surface area contributed by atoms with Gasteiger partial charge in [-0.1, -0.05) is 0 Å². The van der Waals surface area contributed by atoms with Crippen molar-refractivity contribution in [3.05, 3.63) is 101 Å². The summed E-state index contributed by atoms with van der Waals surface area (Å²) in [4.78, 5) is 0. The molecule has 0 aliphatic rings. The molecule has 0 atom stereocenters. The van der Waals surface area contributed by atoms with Crippen LogP contribution in [0.5, 0.6) is 0 Å². The van der Waals surface area contributed by atoms with Crippen LogP contribution in [-0.4, -0.2) is 13.3 Å². The van der Waals surface area contributed by atoms with Crippen molar-refractivity contribution in [2.24, 2.45) is 5.41 Å². The summed E-state index contributed by atoms with van der Waals surface area (Å²) in [5.41, 5.74) is -0.890. The molecule has 0 saturated heterocycles. The van der Waals surface area contributed by atoms with E-state index in [1.165, 1.54) is 0 Å². The van der Waals surface area contributed by atoms with E-state index in [9.17, 15) is 0 Å². The first-order valence-corrected chi connectivity index (χ1v) is 13.3. The third-order valence-corrected chi connectivity index (χ3v) is 14.2. The molecule has 0 heterocycles. The van der Waals surface area contributed by atoms with Gasteiger partial charge in [0.2, 0.25) is 0 Å².